The maximum absolute atomic E-state index is 13.3. The average molecular weight is 460 g/mol. The van der Waals surface area contributed by atoms with E-state index < -0.39 is 0 Å². The standard InChI is InChI=1S/C26H21FN2O5/c27-19-6-2-9-22(14-19)33-16-18-5-1-7-20(13-18)28-25(30)17-34-23-10-3-8-21(15-23)29-26(31)24-11-4-12-32-24/h1-15H,16-17H2,(H,28,30)(H,29,31). The molecule has 0 saturated carbocycles. The highest BCUT2D eigenvalue weighted by molar-refractivity contribution is 6.02. The number of carbonyl (C=O) groups is 2. The van der Waals surface area contributed by atoms with Crippen molar-refractivity contribution in [1.82, 2.24) is 0 Å². The number of ether oxygens (including phenoxy) is 2. The molecule has 0 unspecified atom stereocenters. The average Bonchev–Trinajstić information content (AvgIpc) is 3.37. The third kappa shape index (κ3) is 6.46. The van der Waals surface area contributed by atoms with Crippen molar-refractivity contribution in [3.8, 4) is 11.5 Å². The second kappa shape index (κ2) is 10.8. The van der Waals surface area contributed by atoms with Gasteiger partial charge >= 0.3 is 0 Å². The van der Waals surface area contributed by atoms with Crippen LogP contribution in [0.4, 0.5) is 15.8 Å². The van der Waals surface area contributed by atoms with Gasteiger partial charge in [0.25, 0.3) is 11.8 Å². The normalized spacial score (nSPS) is 10.4. The van der Waals surface area contributed by atoms with E-state index in [0.29, 0.717) is 22.9 Å². The molecule has 34 heavy (non-hydrogen) atoms. The highest BCUT2D eigenvalue weighted by atomic mass is 19.1. The highest BCUT2D eigenvalue weighted by Gasteiger charge is 2.10. The number of amides is 2. The van der Waals surface area contributed by atoms with Gasteiger partial charge in [0, 0.05) is 23.5 Å². The molecule has 0 bridgehead atoms. The first kappa shape index (κ1) is 22.6. The van der Waals surface area contributed by atoms with Crippen LogP contribution in [0.2, 0.25) is 0 Å². The summed E-state index contributed by atoms with van der Waals surface area (Å²) in [5.41, 5.74) is 1.89. The number of furan rings is 1. The van der Waals surface area contributed by atoms with E-state index in [4.69, 9.17) is 13.9 Å². The van der Waals surface area contributed by atoms with Crippen LogP contribution in [-0.4, -0.2) is 18.4 Å². The Hall–Kier alpha value is -4.59. The van der Waals surface area contributed by atoms with Crippen molar-refractivity contribution in [3.05, 3.63) is 108 Å². The lowest BCUT2D eigenvalue weighted by Crippen LogP contribution is -2.20. The van der Waals surface area contributed by atoms with Crippen LogP contribution in [0.1, 0.15) is 16.1 Å². The fourth-order valence-corrected chi connectivity index (χ4v) is 3.07. The molecule has 7 nitrogen and oxygen atoms in total. The number of hydrogen-bond donors (Lipinski definition) is 2. The number of anilines is 2. The van der Waals surface area contributed by atoms with Crippen LogP contribution in [0.25, 0.3) is 0 Å². The summed E-state index contributed by atoms with van der Waals surface area (Å²) in [4.78, 5) is 24.4. The molecule has 4 aromatic rings. The summed E-state index contributed by atoms with van der Waals surface area (Å²) in [5.74, 6) is -0.0809. The lowest BCUT2D eigenvalue weighted by Gasteiger charge is -2.11. The van der Waals surface area contributed by atoms with Crippen LogP contribution >= 0.6 is 0 Å². The Kier molecular flexibility index (Phi) is 7.19. The van der Waals surface area contributed by atoms with Crippen molar-refractivity contribution < 1.29 is 27.9 Å². The van der Waals surface area contributed by atoms with Crippen LogP contribution in [0.3, 0.4) is 0 Å². The van der Waals surface area contributed by atoms with E-state index in [1.807, 2.05) is 6.07 Å². The zero-order valence-corrected chi connectivity index (χ0v) is 18.0. The first-order valence-electron chi connectivity index (χ1n) is 10.4. The third-order valence-corrected chi connectivity index (χ3v) is 4.62. The number of halogens is 1. The Bertz CT molecular complexity index is 1270. The molecule has 0 saturated heterocycles. The van der Waals surface area contributed by atoms with Gasteiger partial charge in [-0.3, -0.25) is 9.59 Å². The summed E-state index contributed by atoms with van der Waals surface area (Å²) in [5, 5.41) is 5.46. The number of carbonyl (C=O) groups excluding carboxylic acids is 2. The molecule has 0 spiro atoms. The van der Waals surface area contributed by atoms with E-state index >= 15 is 0 Å². The number of rotatable bonds is 9. The second-order valence-corrected chi connectivity index (χ2v) is 7.24. The number of nitrogens with one attached hydrogen (secondary N) is 2. The quantitative estimate of drug-likeness (QED) is 0.355. The van der Waals surface area contributed by atoms with Crippen molar-refractivity contribution in [3.63, 3.8) is 0 Å². The molecule has 0 aliphatic carbocycles. The zero-order chi connectivity index (χ0) is 23.8. The molecule has 172 valence electrons. The summed E-state index contributed by atoms with van der Waals surface area (Å²) < 4.78 is 29.5. The van der Waals surface area contributed by atoms with E-state index in [-0.39, 0.29) is 36.6 Å². The lowest BCUT2D eigenvalue weighted by molar-refractivity contribution is -0.118. The van der Waals surface area contributed by atoms with E-state index in [0.717, 1.165) is 5.56 Å². The highest BCUT2D eigenvalue weighted by Crippen LogP contribution is 2.19. The number of benzene rings is 3. The summed E-state index contributed by atoms with van der Waals surface area (Å²) in [6.07, 6.45) is 1.42. The summed E-state index contributed by atoms with van der Waals surface area (Å²) >= 11 is 0. The molecule has 0 atom stereocenters. The smallest absolute Gasteiger partial charge is 0.291 e. The van der Waals surface area contributed by atoms with E-state index in [1.54, 1.807) is 66.7 Å². The molecule has 1 heterocycles. The minimum Gasteiger partial charge on any atom is -0.489 e. The van der Waals surface area contributed by atoms with Gasteiger partial charge in [0.05, 0.1) is 6.26 Å². The SMILES string of the molecule is O=C(COc1cccc(NC(=O)c2ccco2)c1)Nc1cccc(COc2cccc(F)c2)c1. The van der Waals surface area contributed by atoms with Crippen LogP contribution in [-0.2, 0) is 11.4 Å². The molecule has 2 amide bonds. The molecule has 0 radical (unpaired) electrons. The van der Waals surface area contributed by atoms with Crippen LogP contribution < -0.4 is 20.1 Å². The summed E-state index contributed by atoms with van der Waals surface area (Å²) in [6, 6.07) is 22.9. The molecule has 0 fully saturated rings. The fourth-order valence-electron chi connectivity index (χ4n) is 3.07. The Labute approximate surface area is 195 Å². The Morgan fingerprint density at radius 1 is 0.794 bits per heavy atom. The first-order valence-corrected chi connectivity index (χ1v) is 10.4. The molecule has 0 aliphatic heterocycles. The minimum atomic E-state index is -0.388. The summed E-state index contributed by atoms with van der Waals surface area (Å²) in [6.45, 7) is -0.000213. The van der Waals surface area contributed by atoms with Gasteiger partial charge in [-0.25, -0.2) is 4.39 Å². The molecule has 0 aliphatic rings. The van der Waals surface area contributed by atoms with Crippen LogP contribution in [0.5, 0.6) is 11.5 Å². The fraction of sp³-hybridized carbons (Fsp3) is 0.0769. The molecular formula is C26H21FN2O5. The maximum atomic E-state index is 13.3. The van der Waals surface area contributed by atoms with Gasteiger partial charge in [-0.2, -0.15) is 0 Å². The molecular weight excluding hydrogens is 439 g/mol. The zero-order valence-electron chi connectivity index (χ0n) is 18.0. The molecule has 4 rings (SSSR count). The van der Waals surface area contributed by atoms with E-state index in [9.17, 15) is 14.0 Å². The van der Waals surface area contributed by atoms with Gasteiger partial charge in [-0.15, -0.1) is 0 Å². The van der Waals surface area contributed by atoms with Crippen molar-refractivity contribution in [1.29, 1.82) is 0 Å². The van der Waals surface area contributed by atoms with Gasteiger partial charge in [0.2, 0.25) is 0 Å². The topological polar surface area (TPSA) is 89.8 Å². The van der Waals surface area contributed by atoms with Crippen molar-refractivity contribution in [2.24, 2.45) is 0 Å². The Morgan fingerprint density at radius 3 is 2.29 bits per heavy atom. The van der Waals surface area contributed by atoms with Crippen LogP contribution in [0.15, 0.2) is 95.6 Å². The van der Waals surface area contributed by atoms with Gasteiger partial charge < -0.3 is 24.5 Å². The van der Waals surface area contributed by atoms with Crippen molar-refractivity contribution in [2.45, 2.75) is 6.61 Å². The monoisotopic (exact) mass is 460 g/mol. The Morgan fingerprint density at radius 2 is 1.53 bits per heavy atom. The van der Waals surface area contributed by atoms with Crippen LogP contribution in [0, 0.1) is 5.82 Å². The molecule has 8 heteroatoms. The predicted octanol–water partition coefficient (Wildman–Crippen LogP) is 5.27. The van der Waals surface area contributed by atoms with Gasteiger partial charge in [0.1, 0.15) is 23.9 Å². The summed E-state index contributed by atoms with van der Waals surface area (Å²) in [7, 11) is 0. The van der Waals surface area contributed by atoms with Gasteiger partial charge in [-0.05, 0) is 54.1 Å². The van der Waals surface area contributed by atoms with Gasteiger partial charge in [-0.1, -0.05) is 24.3 Å². The maximum Gasteiger partial charge on any atom is 0.291 e. The van der Waals surface area contributed by atoms with E-state index in [2.05, 4.69) is 10.6 Å². The first-order chi connectivity index (χ1) is 16.5. The predicted molar refractivity (Wildman–Crippen MR) is 124 cm³/mol. The van der Waals surface area contributed by atoms with Crippen molar-refractivity contribution >= 4 is 23.2 Å². The van der Waals surface area contributed by atoms with Crippen molar-refractivity contribution in [2.75, 3.05) is 17.2 Å². The lowest BCUT2D eigenvalue weighted by atomic mass is 10.2. The molecule has 1 aromatic heterocycles. The van der Waals surface area contributed by atoms with E-state index in [1.165, 1.54) is 18.4 Å². The van der Waals surface area contributed by atoms with Gasteiger partial charge in [0.15, 0.2) is 12.4 Å². The Balaban J connectivity index is 1.28. The molecule has 3 aromatic carbocycles. The number of hydrogen-bond acceptors (Lipinski definition) is 5. The minimum absolute atomic E-state index is 0.189. The molecule has 2 N–H and O–H groups in total. The third-order valence-electron chi connectivity index (χ3n) is 4.62. The largest absolute Gasteiger partial charge is 0.489 e. The second-order valence-electron chi connectivity index (χ2n) is 7.24.